The molecule has 0 spiro atoms. The van der Waals surface area contributed by atoms with Crippen molar-refractivity contribution in [3.63, 3.8) is 0 Å². The molecule has 2 aromatic heterocycles. The third-order valence-electron chi connectivity index (χ3n) is 4.27. The van der Waals surface area contributed by atoms with Crippen LogP contribution in [0.15, 0.2) is 74.8 Å². The minimum Gasteiger partial charge on any atom is -0.322 e. The smallest absolute Gasteiger partial charge is 0.271 e. The number of rotatable bonds is 4. The summed E-state index contributed by atoms with van der Waals surface area (Å²) >= 11 is 3.03. The van der Waals surface area contributed by atoms with Crippen LogP contribution in [0, 0.1) is 13.8 Å². The van der Waals surface area contributed by atoms with E-state index < -0.39 is 5.91 Å². The SMILES string of the molecule is Cc1ccc(C)c(Sc2ccc(NC(=O)c3cnc4sccn4c3=O)cc2)c1. The van der Waals surface area contributed by atoms with Crippen LogP contribution in [0.3, 0.4) is 0 Å². The molecule has 0 unspecified atom stereocenters. The second-order valence-corrected chi connectivity index (χ2v) is 8.37. The number of aryl methyl sites for hydroxylation is 2. The summed E-state index contributed by atoms with van der Waals surface area (Å²) in [6, 6.07) is 14.0. The number of hydrogen-bond acceptors (Lipinski definition) is 5. The summed E-state index contributed by atoms with van der Waals surface area (Å²) in [5, 5.41) is 4.53. The first kappa shape index (κ1) is 18.5. The molecule has 28 heavy (non-hydrogen) atoms. The van der Waals surface area contributed by atoms with Gasteiger partial charge in [-0.1, -0.05) is 23.9 Å². The Hall–Kier alpha value is -2.90. The number of carbonyl (C=O) groups is 1. The van der Waals surface area contributed by atoms with Crippen LogP contribution < -0.4 is 10.9 Å². The van der Waals surface area contributed by atoms with E-state index in [1.54, 1.807) is 23.3 Å². The Labute approximate surface area is 170 Å². The van der Waals surface area contributed by atoms with Crippen molar-refractivity contribution in [2.24, 2.45) is 0 Å². The van der Waals surface area contributed by atoms with Gasteiger partial charge in [0.1, 0.15) is 5.56 Å². The lowest BCUT2D eigenvalue weighted by Gasteiger charge is -2.08. The molecular formula is C21H17N3O2S2. The standard InChI is InChI=1S/C21H17N3O2S2/c1-13-3-4-14(2)18(11-13)28-16-7-5-15(6-8-16)23-19(25)17-12-22-21-24(20(17)26)9-10-27-21/h3-12H,1-2H3,(H,23,25). The molecule has 1 N–H and O–H groups in total. The monoisotopic (exact) mass is 407 g/mol. The van der Waals surface area contributed by atoms with Crippen molar-refractivity contribution >= 4 is 39.7 Å². The van der Waals surface area contributed by atoms with Crippen molar-refractivity contribution in [3.05, 3.63) is 87.3 Å². The maximum Gasteiger partial charge on any atom is 0.271 e. The van der Waals surface area contributed by atoms with E-state index in [1.807, 2.05) is 24.3 Å². The minimum atomic E-state index is -0.465. The van der Waals surface area contributed by atoms with Gasteiger partial charge in [0, 0.05) is 33.3 Å². The van der Waals surface area contributed by atoms with E-state index >= 15 is 0 Å². The molecule has 5 nitrogen and oxygen atoms in total. The van der Waals surface area contributed by atoms with Crippen molar-refractivity contribution in [1.29, 1.82) is 0 Å². The average Bonchev–Trinajstić information content (AvgIpc) is 3.16. The predicted octanol–water partition coefficient (Wildman–Crippen LogP) is 4.78. The number of aromatic nitrogens is 2. The molecule has 4 aromatic rings. The van der Waals surface area contributed by atoms with Gasteiger partial charge in [0.25, 0.3) is 11.5 Å². The number of anilines is 1. The summed E-state index contributed by atoms with van der Waals surface area (Å²) in [5.74, 6) is -0.465. The van der Waals surface area contributed by atoms with Gasteiger partial charge in [-0.15, -0.1) is 11.3 Å². The Kier molecular flexibility index (Phi) is 5.02. The third-order valence-corrected chi connectivity index (χ3v) is 6.21. The maximum absolute atomic E-state index is 12.5. The summed E-state index contributed by atoms with van der Waals surface area (Å²) < 4.78 is 1.38. The van der Waals surface area contributed by atoms with Crippen LogP contribution >= 0.6 is 23.1 Å². The van der Waals surface area contributed by atoms with Crippen LogP contribution in [-0.4, -0.2) is 15.3 Å². The zero-order chi connectivity index (χ0) is 19.7. The van der Waals surface area contributed by atoms with Gasteiger partial charge >= 0.3 is 0 Å². The third kappa shape index (κ3) is 3.72. The molecule has 0 bridgehead atoms. The van der Waals surface area contributed by atoms with Crippen molar-refractivity contribution in [3.8, 4) is 0 Å². The first-order valence-electron chi connectivity index (χ1n) is 8.62. The van der Waals surface area contributed by atoms with Gasteiger partial charge < -0.3 is 5.32 Å². The highest BCUT2D eigenvalue weighted by atomic mass is 32.2. The Balaban J connectivity index is 1.51. The molecule has 0 aliphatic rings. The molecule has 0 aliphatic carbocycles. The Morgan fingerprint density at radius 3 is 2.71 bits per heavy atom. The summed E-state index contributed by atoms with van der Waals surface area (Å²) in [6.45, 7) is 4.17. The zero-order valence-electron chi connectivity index (χ0n) is 15.3. The summed E-state index contributed by atoms with van der Waals surface area (Å²) in [5.41, 5.74) is 2.73. The van der Waals surface area contributed by atoms with Gasteiger partial charge in [-0.3, -0.25) is 14.0 Å². The van der Waals surface area contributed by atoms with E-state index in [0.717, 1.165) is 4.90 Å². The van der Waals surface area contributed by atoms with Crippen LogP contribution in [-0.2, 0) is 0 Å². The fourth-order valence-corrected chi connectivity index (χ4v) is 4.40. The van der Waals surface area contributed by atoms with E-state index in [1.165, 1.54) is 38.0 Å². The van der Waals surface area contributed by atoms with Crippen molar-refractivity contribution in [2.75, 3.05) is 5.32 Å². The zero-order valence-corrected chi connectivity index (χ0v) is 16.9. The average molecular weight is 408 g/mol. The van der Waals surface area contributed by atoms with Crippen LogP contribution in [0.5, 0.6) is 0 Å². The molecule has 2 aromatic carbocycles. The summed E-state index contributed by atoms with van der Waals surface area (Å²) in [7, 11) is 0. The molecule has 0 saturated heterocycles. The van der Waals surface area contributed by atoms with Gasteiger partial charge in [0.15, 0.2) is 4.96 Å². The Morgan fingerprint density at radius 2 is 1.93 bits per heavy atom. The second-order valence-electron chi connectivity index (χ2n) is 6.38. The van der Waals surface area contributed by atoms with Gasteiger partial charge in [-0.2, -0.15) is 0 Å². The first-order chi connectivity index (χ1) is 13.5. The first-order valence-corrected chi connectivity index (χ1v) is 10.3. The number of fused-ring (bicyclic) bond motifs is 1. The molecule has 0 fully saturated rings. The minimum absolute atomic E-state index is 0.0183. The van der Waals surface area contributed by atoms with E-state index in [2.05, 4.69) is 42.3 Å². The molecule has 0 atom stereocenters. The second kappa shape index (κ2) is 7.61. The van der Waals surface area contributed by atoms with Crippen LogP contribution in [0.4, 0.5) is 5.69 Å². The van der Waals surface area contributed by atoms with Crippen LogP contribution in [0.2, 0.25) is 0 Å². The van der Waals surface area contributed by atoms with Gasteiger partial charge in [-0.25, -0.2) is 4.98 Å². The Bertz CT molecular complexity index is 1230. The van der Waals surface area contributed by atoms with E-state index in [-0.39, 0.29) is 11.1 Å². The van der Waals surface area contributed by atoms with Crippen molar-refractivity contribution < 1.29 is 4.79 Å². The molecule has 0 saturated carbocycles. The predicted molar refractivity (Wildman–Crippen MR) is 114 cm³/mol. The fourth-order valence-electron chi connectivity index (χ4n) is 2.73. The quantitative estimate of drug-likeness (QED) is 0.529. The number of hydrogen-bond donors (Lipinski definition) is 1. The summed E-state index contributed by atoms with van der Waals surface area (Å²) in [6.07, 6.45) is 2.94. The largest absolute Gasteiger partial charge is 0.322 e. The molecule has 7 heteroatoms. The number of nitrogens with zero attached hydrogens (tertiary/aromatic N) is 2. The number of thiazole rings is 1. The van der Waals surface area contributed by atoms with E-state index in [0.29, 0.717) is 10.6 Å². The molecule has 140 valence electrons. The molecule has 0 aliphatic heterocycles. The Morgan fingerprint density at radius 1 is 1.14 bits per heavy atom. The molecule has 2 heterocycles. The lowest BCUT2D eigenvalue weighted by molar-refractivity contribution is 0.102. The molecular weight excluding hydrogens is 390 g/mol. The number of nitrogens with one attached hydrogen (secondary N) is 1. The highest BCUT2D eigenvalue weighted by Crippen LogP contribution is 2.31. The molecule has 4 rings (SSSR count). The molecule has 0 radical (unpaired) electrons. The van der Waals surface area contributed by atoms with Crippen LogP contribution in [0.25, 0.3) is 4.96 Å². The highest BCUT2D eigenvalue weighted by Gasteiger charge is 2.14. The number of amides is 1. The van der Waals surface area contributed by atoms with Gasteiger partial charge in [0.2, 0.25) is 0 Å². The number of carbonyl (C=O) groups excluding carboxylic acids is 1. The van der Waals surface area contributed by atoms with Crippen molar-refractivity contribution in [2.45, 2.75) is 23.6 Å². The fraction of sp³-hybridized carbons (Fsp3) is 0.0952. The summed E-state index contributed by atoms with van der Waals surface area (Å²) in [4.78, 5) is 31.9. The topological polar surface area (TPSA) is 63.5 Å². The highest BCUT2D eigenvalue weighted by molar-refractivity contribution is 7.99. The van der Waals surface area contributed by atoms with Gasteiger partial charge in [-0.05, 0) is 55.3 Å². The van der Waals surface area contributed by atoms with E-state index in [4.69, 9.17) is 0 Å². The van der Waals surface area contributed by atoms with E-state index in [9.17, 15) is 9.59 Å². The van der Waals surface area contributed by atoms with Crippen molar-refractivity contribution in [1.82, 2.24) is 9.38 Å². The lowest BCUT2D eigenvalue weighted by Crippen LogP contribution is -2.25. The van der Waals surface area contributed by atoms with Gasteiger partial charge in [0.05, 0.1) is 0 Å². The molecule has 1 amide bonds. The number of benzene rings is 2. The van der Waals surface area contributed by atoms with Crippen LogP contribution in [0.1, 0.15) is 21.5 Å². The lowest BCUT2D eigenvalue weighted by atomic mass is 10.2. The maximum atomic E-state index is 12.5. The normalized spacial score (nSPS) is 10.9.